The van der Waals surface area contributed by atoms with Crippen molar-refractivity contribution in [1.29, 1.82) is 0 Å². The predicted molar refractivity (Wildman–Crippen MR) is 49.6 cm³/mol. The summed E-state index contributed by atoms with van der Waals surface area (Å²) in [5.74, 6) is 4.06. The Kier molecular flexibility index (Phi) is 1.16. The zero-order valence-electron chi connectivity index (χ0n) is 8.09. The summed E-state index contributed by atoms with van der Waals surface area (Å²) in [5.41, 5.74) is 6.81. The van der Waals surface area contributed by atoms with Crippen LogP contribution in [-0.4, -0.2) is 6.04 Å². The SMILES string of the molecule is CC(N)C1C[C@]23C1CCC2[C@@H]3C. The highest BCUT2D eigenvalue weighted by atomic mass is 14.8. The lowest BCUT2D eigenvalue weighted by Crippen LogP contribution is -2.47. The van der Waals surface area contributed by atoms with E-state index in [1.54, 1.807) is 0 Å². The fourth-order valence-electron chi connectivity index (χ4n) is 4.56. The maximum Gasteiger partial charge on any atom is 0.00418 e. The highest BCUT2D eigenvalue weighted by molar-refractivity contribution is 5.24. The van der Waals surface area contributed by atoms with E-state index in [4.69, 9.17) is 5.73 Å². The van der Waals surface area contributed by atoms with Gasteiger partial charge < -0.3 is 5.73 Å². The lowest BCUT2D eigenvalue weighted by Gasteiger charge is -2.47. The van der Waals surface area contributed by atoms with Crippen molar-refractivity contribution in [3.05, 3.63) is 0 Å². The van der Waals surface area contributed by atoms with Gasteiger partial charge in [-0.1, -0.05) is 6.92 Å². The van der Waals surface area contributed by atoms with Gasteiger partial charge in [0.1, 0.15) is 0 Å². The topological polar surface area (TPSA) is 26.0 Å². The van der Waals surface area contributed by atoms with Crippen LogP contribution in [0.5, 0.6) is 0 Å². The van der Waals surface area contributed by atoms with E-state index in [-0.39, 0.29) is 0 Å². The van der Waals surface area contributed by atoms with Crippen LogP contribution in [0, 0.1) is 29.1 Å². The summed E-state index contributed by atoms with van der Waals surface area (Å²) in [6, 6.07) is 0.451. The number of nitrogens with two attached hydrogens (primary N) is 1. The molecule has 3 aliphatic carbocycles. The van der Waals surface area contributed by atoms with E-state index >= 15 is 0 Å². The van der Waals surface area contributed by atoms with Crippen LogP contribution in [0.2, 0.25) is 0 Å². The van der Waals surface area contributed by atoms with Gasteiger partial charge in [0.2, 0.25) is 0 Å². The van der Waals surface area contributed by atoms with Gasteiger partial charge in [-0.05, 0) is 55.3 Å². The molecule has 0 saturated heterocycles. The maximum absolute atomic E-state index is 5.98. The molecule has 0 aliphatic heterocycles. The Morgan fingerprint density at radius 1 is 1.33 bits per heavy atom. The van der Waals surface area contributed by atoms with Gasteiger partial charge in [0.25, 0.3) is 0 Å². The first-order valence-electron chi connectivity index (χ1n) is 5.43. The molecule has 0 aromatic heterocycles. The van der Waals surface area contributed by atoms with Crippen molar-refractivity contribution in [2.45, 2.75) is 39.2 Å². The second-order valence-electron chi connectivity index (χ2n) is 5.42. The maximum atomic E-state index is 5.98. The highest BCUT2D eigenvalue weighted by Crippen LogP contribution is 2.81. The molecule has 1 nitrogen and oxygen atoms in total. The van der Waals surface area contributed by atoms with E-state index < -0.39 is 0 Å². The molecule has 0 aromatic rings. The Bertz CT molecular complexity index is 223. The molecule has 6 atom stereocenters. The average Bonchev–Trinajstić information content (AvgIpc) is 2.42. The summed E-state index contributed by atoms with van der Waals surface area (Å²) in [5, 5.41) is 0. The second-order valence-corrected chi connectivity index (χ2v) is 5.42. The van der Waals surface area contributed by atoms with Gasteiger partial charge in [0, 0.05) is 6.04 Å². The monoisotopic (exact) mass is 165 g/mol. The summed E-state index contributed by atoms with van der Waals surface area (Å²) < 4.78 is 0. The molecule has 3 rings (SSSR count). The van der Waals surface area contributed by atoms with E-state index in [1.807, 2.05) is 0 Å². The molecule has 0 heterocycles. The summed E-state index contributed by atoms with van der Waals surface area (Å²) in [4.78, 5) is 0. The van der Waals surface area contributed by atoms with Gasteiger partial charge in [-0.2, -0.15) is 0 Å². The largest absolute Gasteiger partial charge is 0.328 e. The number of hydrogen-bond acceptors (Lipinski definition) is 1. The van der Waals surface area contributed by atoms with Gasteiger partial charge in [-0.3, -0.25) is 0 Å². The van der Waals surface area contributed by atoms with Crippen LogP contribution in [-0.2, 0) is 0 Å². The molecule has 2 N–H and O–H groups in total. The van der Waals surface area contributed by atoms with Crippen molar-refractivity contribution < 1.29 is 0 Å². The lowest BCUT2D eigenvalue weighted by molar-refractivity contribution is 0.0314. The summed E-state index contributed by atoms with van der Waals surface area (Å²) in [6.07, 6.45) is 4.46. The smallest absolute Gasteiger partial charge is 0.00418 e. The minimum Gasteiger partial charge on any atom is -0.328 e. The molecule has 0 radical (unpaired) electrons. The quantitative estimate of drug-likeness (QED) is 0.632. The van der Waals surface area contributed by atoms with Gasteiger partial charge in [-0.15, -0.1) is 0 Å². The Hall–Kier alpha value is -0.0400. The van der Waals surface area contributed by atoms with Gasteiger partial charge >= 0.3 is 0 Å². The molecular weight excluding hydrogens is 146 g/mol. The predicted octanol–water partition coefficient (Wildman–Crippen LogP) is 2.02. The van der Waals surface area contributed by atoms with Crippen molar-refractivity contribution in [3.63, 3.8) is 0 Å². The van der Waals surface area contributed by atoms with Gasteiger partial charge in [0.15, 0.2) is 0 Å². The molecule has 0 bridgehead atoms. The Balaban J connectivity index is 1.80. The Labute approximate surface area is 74.7 Å². The van der Waals surface area contributed by atoms with Crippen molar-refractivity contribution in [2.75, 3.05) is 0 Å². The number of rotatable bonds is 1. The molecule has 12 heavy (non-hydrogen) atoms. The zero-order chi connectivity index (χ0) is 8.51. The third-order valence-electron chi connectivity index (χ3n) is 5.29. The van der Waals surface area contributed by atoms with E-state index in [1.165, 1.54) is 19.3 Å². The molecule has 4 unspecified atom stereocenters. The van der Waals surface area contributed by atoms with E-state index in [2.05, 4.69) is 13.8 Å². The van der Waals surface area contributed by atoms with E-state index in [9.17, 15) is 0 Å². The third kappa shape index (κ3) is 0.555. The third-order valence-corrected chi connectivity index (χ3v) is 5.29. The minimum absolute atomic E-state index is 0.451. The van der Waals surface area contributed by atoms with E-state index in [0.29, 0.717) is 6.04 Å². The van der Waals surface area contributed by atoms with Crippen molar-refractivity contribution >= 4 is 0 Å². The van der Waals surface area contributed by atoms with Crippen LogP contribution in [0.15, 0.2) is 0 Å². The van der Waals surface area contributed by atoms with Crippen LogP contribution in [0.25, 0.3) is 0 Å². The molecule has 68 valence electrons. The van der Waals surface area contributed by atoms with Crippen molar-refractivity contribution in [1.82, 2.24) is 0 Å². The molecule has 3 saturated carbocycles. The van der Waals surface area contributed by atoms with Crippen LogP contribution < -0.4 is 5.73 Å². The first-order chi connectivity index (χ1) is 5.68. The number of hydrogen-bond donors (Lipinski definition) is 1. The summed E-state index contributed by atoms with van der Waals surface area (Å²) >= 11 is 0. The van der Waals surface area contributed by atoms with Crippen molar-refractivity contribution in [3.8, 4) is 0 Å². The highest BCUT2D eigenvalue weighted by Gasteiger charge is 2.75. The van der Waals surface area contributed by atoms with Gasteiger partial charge in [0.05, 0.1) is 0 Å². The molecular formula is C11H19N. The minimum atomic E-state index is 0.451. The van der Waals surface area contributed by atoms with Crippen LogP contribution in [0.3, 0.4) is 0 Å². The average molecular weight is 165 g/mol. The summed E-state index contributed by atoms with van der Waals surface area (Å²) in [6.45, 7) is 4.64. The fourth-order valence-corrected chi connectivity index (χ4v) is 4.56. The molecule has 0 aromatic carbocycles. The molecule has 1 spiro atoms. The van der Waals surface area contributed by atoms with E-state index in [0.717, 1.165) is 29.1 Å². The Morgan fingerprint density at radius 3 is 2.58 bits per heavy atom. The first kappa shape index (κ1) is 7.37. The lowest BCUT2D eigenvalue weighted by atomic mass is 9.59. The first-order valence-corrected chi connectivity index (χ1v) is 5.43. The van der Waals surface area contributed by atoms with Crippen LogP contribution >= 0.6 is 0 Å². The molecule has 1 heteroatoms. The second kappa shape index (κ2) is 1.89. The molecule has 3 fully saturated rings. The molecule has 3 aliphatic rings. The van der Waals surface area contributed by atoms with Crippen LogP contribution in [0.1, 0.15) is 33.1 Å². The normalized spacial score (nSPS) is 63.2. The fraction of sp³-hybridized carbons (Fsp3) is 1.00. The van der Waals surface area contributed by atoms with Crippen molar-refractivity contribution in [2.24, 2.45) is 34.8 Å². The summed E-state index contributed by atoms with van der Waals surface area (Å²) in [7, 11) is 0. The standard InChI is InChI=1S/C11H19N/c1-6-9-3-4-10-8(7(2)12)5-11(6,9)10/h6-10H,3-5,12H2,1-2H3/t6-,7?,8?,9?,10?,11+/m0/s1. The Morgan fingerprint density at radius 2 is 2.00 bits per heavy atom. The van der Waals surface area contributed by atoms with Crippen LogP contribution in [0.4, 0.5) is 0 Å². The molecule has 0 amide bonds. The zero-order valence-corrected chi connectivity index (χ0v) is 8.09. The van der Waals surface area contributed by atoms with Gasteiger partial charge in [-0.25, -0.2) is 0 Å².